The van der Waals surface area contributed by atoms with Crippen molar-refractivity contribution in [3.8, 4) is 0 Å². The predicted molar refractivity (Wildman–Crippen MR) is 35.5 cm³/mol. The van der Waals surface area contributed by atoms with Crippen molar-refractivity contribution >= 4 is 11.9 Å². The van der Waals surface area contributed by atoms with E-state index in [1.165, 1.54) is 0 Å². The van der Waals surface area contributed by atoms with Gasteiger partial charge in [-0.2, -0.15) is 0 Å². The summed E-state index contributed by atoms with van der Waals surface area (Å²) in [7, 11) is 0. The van der Waals surface area contributed by atoms with Gasteiger partial charge in [-0.05, 0) is 18.9 Å². The van der Waals surface area contributed by atoms with E-state index < -0.39 is 0 Å². The van der Waals surface area contributed by atoms with Crippen LogP contribution in [0.15, 0.2) is 11.8 Å². The van der Waals surface area contributed by atoms with E-state index in [1.54, 1.807) is 0 Å². The summed E-state index contributed by atoms with van der Waals surface area (Å²) in [4.78, 5) is 0. The molecule has 0 aromatic heterocycles. The highest BCUT2D eigenvalue weighted by Gasteiger charge is 1.88. The van der Waals surface area contributed by atoms with Crippen molar-refractivity contribution in [2.45, 2.75) is 20.8 Å². The van der Waals surface area contributed by atoms with E-state index in [0.717, 1.165) is 5.76 Å². The van der Waals surface area contributed by atoms with Gasteiger partial charge in [-0.1, -0.05) is 13.8 Å². The van der Waals surface area contributed by atoms with E-state index in [1.807, 2.05) is 13.0 Å². The van der Waals surface area contributed by atoms with Crippen LogP contribution in [-0.2, 0) is 4.29 Å². The zero-order chi connectivity index (χ0) is 6.57. The number of hydrogen-bond acceptors (Lipinski definition) is 1. The maximum atomic E-state index is 5.03. The van der Waals surface area contributed by atoms with Crippen LogP contribution >= 0.6 is 11.9 Å². The highest BCUT2D eigenvalue weighted by Crippen LogP contribution is 2.03. The molecule has 0 spiro atoms. The third-order valence-electron chi connectivity index (χ3n) is 0.690. The maximum absolute atomic E-state index is 5.03. The van der Waals surface area contributed by atoms with Crippen LogP contribution in [0, 0.1) is 5.92 Å². The van der Waals surface area contributed by atoms with Crippen LogP contribution in [0.5, 0.6) is 0 Å². The topological polar surface area (TPSA) is 9.23 Å². The lowest BCUT2D eigenvalue weighted by atomic mass is 10.2. The second-order valence-corrected chi connectivity index (χ2v) is 2.25. The van der Waals surface area contributed by atoms with E-state index in [2.05, 4.69) is 18.1 Å². The fourth-order valence-electron chi connectivity index (χ4n) is 0.495. The van der Waals surface area contributed by atoms with Crippen LogP contribution < -0.4 is 0 Å². The summed E-state index contributed by atoms with van der Waals surface area (Å²) in [5.74, 6) is 1.27. The summed E-state index contributed by atoms with van der Waals surface area (Å²) < 4.78 is 4.39. The van der Waals surface area contributed by atoms with Crippen molar-refractivity contribution in [2.75, 3.05) is 0 Å². The molecule has 0 fully saturated rings. The van der Waals surface area contributed by atoms with Crippen molar-refractivity contribution in [1.82, 2.24) is 0 Å². The highest BCUT2D eigenvalue weighted by atomic mass is 35.5. The first-order valence-corrected chi connectivity index (χ1v) is 2.94. The van der Waals surface area contributed by atoms with E-state index in [9.17, 15) is 0 Å². The monoisotopic (exact) mass is 134 g/mol. The van der Waals surface area contributed by atoms with Crippen molar-refractivity contribution in [1.29, 1.82) is 0 Å². The van der Waals surface area contributed by atoms with Crippen molar-refractivity contribution < 1.29 is 4.29 Å². The molecule has 0 radical (unpaired) electrons. The lowest BCUT2D eigenvalue weighted by molar-refractivity contribution is 0.467. The van der Waals surface area contributed by atoms with E-state index in [-0.39, 0.29) is 0 Å². The quantitative estimate of drug-likeness (QED) is 0.528. The summed E-state index contributed by atoms with van der Waals surface area (Å²) in [6, 6.07) is 0. The van der Waals surface area contributed by atoms with Gasteiger partial charge in [0.2, 0.25) is 0 Å². The molecule has 2 heteroatoms. The molecule has 48 valence electrons. The Morgan fingerprint density at radius 3 is 2.25 bits per heavy atom. The summed E-state index contributed by atoms with van der Waals surface area (Å²) in [5, 5.41) is 0. The van der Waals surface area contributed by atoms with Gasteiger partial charge in [-0.3, -0.25) is 0 Å². The zero-order valence-electron chi connectivity index (χ0n) is 5.44. The molecule has 8 heavy (non-hydrogen) atoms. The molecule has 0 saturated carbocycles. The van der Waals surface area contributed by atoms with Crippen LogP contribution in [0.4, 0.5) is 0 Å². The third-order valence-corrected chi connectivity index (χ3v) is 0.933. The maximum Gasteiger partial charge on any atom is 0.134 e. The molecule has 0 aliphatic carbocycles. The zero-order valence-corrected chi connectivity index (χ0v) is 6.20. The van der Waals surface area contributed by atoms with Crippen molar-refractivity contribution in [3.63, 3.8) is 0 Å². The second-order valence-electron chi connectivity index (χ2n) is 2.10. The minimum atomic E-state index is 0.508. The molecule has 0 aliphatic heterocycles. The lowest BCUT2D eigenvalue weighted by Gasteiger charge is -1.96. The number of rotatable bonds is 2. The van der Waals surface area contributed by atoms with Gasteiger partial charge < -0.3 is 4.29 Å². The molecule has 0 amide bonds. The highest BCUT2D eigenvalue weighted by molar-refractivity contribution is 6.08. The van der Waals surface area contributed by atoms with Crippen LogP contribution in [-0.4, -0.2) is 0 Å². The molecule has 0 bridgehead atoms. The predicted octanol–water partition coefficient (Wildman–Crippen LogP) is 2.72. The third kappa shape index (κ3) is 4.00. The van der Waals surface area contributed by atoms with Gasteiger partial charge in [0.05, 0.1) is 0 Å². The lowest BCUT2D eigenvalue weighted by Crippen LogP contribution is -1.81. The molecule has 1 nitrogen and oxygen atoms in total. The average molecular weight is 135 g/mol. The summed E-state index contributed by atoms with van der Waals surface area (Å²) in [6.07, 6.45) is 1.95. The standard InChI is InChI=1S/C6H11ClO/c1-5(2)4-6(3)8-7/h4-5H,1-3H3/b6-4+. The molecular weight excluding hydrogens is 124 g/mol. The molecular formula is C6H11ClO. The van der Waals surface area contributed by atoms with E-state index in [0.29, 0.717) is 5.92 Å². The van der Waals surface area contributed by atoms with Crippen LogP contribution in [0.3, 0.4) is 0 Å². The molecule has 0 heterocycles. The Labute approximate surface area is 55.5 Å². The molecule has 0 aliphatic rings. The molecule has 0 unspecified atom stereocenters. The minimum absolute atomic E-state index is 0.508. The van der Waals surface area contributed by atoms with Gasteiger partial charge in [-0.15, -0.1) is 0 Å². The van der Waals surface area contributed by atoms with Crippen LogP contribution in [0.25, 0.3) is 0 Å². The van der Waals surface area contributed by atoms with Gasteiger partial charge in [0.15, 0.2) is 0 Å². The number of hydrogen-bond donors (Lipinski definition) is 0. The first-order chi connectivity index (χ1) is 3.66. The van der Waals surface area contributed by atoms with Crippen molar-refractivity contribution in [3.05, 3.63) is 11.8 Å². The fraction of sp³-hybridized carbons (Fsp3) is 0.667. The SMILES string of the molecule is C/C(=C\C(C)C)OCl. The van der Waals surface area contributed by atoms with Crippen LogP contribution in [0.2, 0.25) is 0 Å². The Balaban J connectivity index is 3.56. The second kappa shape index (κ2) is 3.79. The summed E-state index contributed by atoms with van der Waals surface area (Å²) >= 11 is 5.03. The molecule has 0 atom stereocenters. The van der Waals surface area contributed by atoms with Gasteiger partial charge >= 0.3 is 0 Å². The van der Waals surface area contributed by atoms with Crippen LogP contribution in [0.1, 0.15) is 20.8 Å². The largest absolute Gasteiger partial charge is 0.391 e. The first-order valence-electron chi connectivity index (χ1n) is 2.64. The number of halogens is 1. The summed E-state index contributed by atoms with van der Waals surface area (Å²) in [6.45, 7) is 5.96. The fourth-order valence-corrected chi connectivity index (χ4v) is 0.547. The van der Waals surface area contributed by atoms with Gasteiger partial charge in [0.1, 0.15) is 17.6 Å². The Bertz CT molecular complexity index is 86.5. The van der Waals surface area contributed by atoms with Gasteiger partial charge in [0, 0.05) is 0 Å². The Morgan fingerprint density at radius 1 is 1.62 bits per heavy atom. The molecule has 0 N–H and O–H groups in total. The summed E-state index contributed by atoms with van der Waals surface area (Å²) in [5.41, 5.74) is 0. The Kier molecular flexibility index (Phi) is 3.71. The van der Waals surface area contributed by atoms with E-state index in [4.69, 9.17) is 11.9 Å². The minimum Gasteiger partial charge on any atom is -0.391 e. The molecule has 0 aromatic carbocycles. The smallest absolute Gasteiger partial charge is 0.134 e. The number of allylic oxidation sites excluding steroid dienone is 2. The van der Waals surface area contributed by atoms with Gasteiger partial charge in [-0.25, -0.2) is 0 Å². The Hall–Kier alpha value is -0.170. The molecule has 0 rings (SSSR count). The average Bonchev–Trinajstić information content (AvgIpc) is 1.65. The normalized spacial score (nSPS) is 12.4. The first kappa shape index (κ1) is 7.83. The molecule has 0 saturated heterocycles. The Morgan fingerprint density at radius 2 is 2.12 bits per heavy atom. The molecule has 0 aromatic rings. The van der Waals surface area contributed by atoms with Gasteiger partial charge in [0.25, 0.3) is 0 Å². The van der Waals surface area contributed by atoms with Crippen molar-refractivity contribution in [2.24, 2.45) is 5.92 Å². The van der Waals surface area contributed by atoms with E-state index >= 15 is 0 Å².